The number of rotatable bonds is 71. The predicted molar refractivity (Wildman–Crippen MR) is 372 cm³/mol. The Morgan fingerprint density at radius 1 is 0.315 bits per heavy atom. The van der Waals surface area contributed by atoms with Gasteiger partial charge in [0.25, 0.3) is 0 Å². The smallest absolute Gasteiger partial charge is 0.462 e. The van der Waals surface area contributed by atoms with Crippen LogP contribution in [0.1, 0.15) is 370 Å². The van der Waals surface area contributed by atoms with Gasteiger partial charge in [0, 0.05) is 25.7 Å². The lowest BCUT2D eigenvalue weighted by atomic mass is 9.99. The van der Waals surface area contributed by atoms with Crippen molar-refractivity contribution in [3.63, 3.8) is 0 Å². The molecule has 0 heterocycles. The van der Waals surface area contributed by atoms with E-state index in [1.807, 2.05) is 0 Å². The van der Waals surface area contributed by atoms with Crippen LogP contribution in [0.5, 0.6) is 0 Å². The Morgan fingerprint density at radius 2 is 0.554 bits per heavy atom. The average molecular weight is 1350 g/mol. The monoisotopic (exact) mass is 1350 g/mol. The zero-order chi connectivity index (χ0) is 68.0. The van der Waals surface area contributed by atoms with Gasteiger partial charge in [0.2, 0.25) is 0 Å². The molecule has 0 bridgehead atoms. The van der Waals surface area contributed by atoms with Crippen molar-refractivity contribution in [2.24, 2.45) is 17.8 Å². The Hall–Kier alpha value is -1.94. The second-order valence-electron chi connectivity index (χ2n) is 27.5. The fourth-order valence-corrected chi connectivity index (χ4v) is 12.6. The molecule has 19 heteroatoms. The Morgan fingerprint density at radius 3 is 0.826 bits per heavy atom. The first kappa shape index (κ1) is 90.1. The van der Waals surface area contributed by atoms with Crippen LogP contribution in [0.25, 0.3) is 0 Å². The number of phosphoric ester groups is 2. The summed E-state index contributed by atoms with van der Waals surface area (Å²) in [7, 11) is -9.90. The highest BCUT2D eigenvalue weighted by Crippen LogP contribution is 2.45. The minimum Gasteiger partial charge on any atom is -0.462 e. The molecular weight excluding hydrogens is 1210 g/mol. The number of carbonyl (C=O) groups is 4. The first-order valence-corrected chi connectivity index (χ1v) is 40.9. The van der Waals surface area contributed by atoms with Gasteiger partial charge in [-0.1, -0.05) is 318 Å². The number of aliphatic hydroxyl groups is 1. The first-order chi connectivity index (χ1) is 44.3. The molecule has 0 saturated heterocycles. The molecule has 0 aromatic rings. The first-order valence-electron chi connectivity index (χ1n) is 37.9. The molecule has 3 unspecified atom stereocenters. The standard InChI is InChI=1S/C73H142O17P2/c1-8-10-11-12-13-14-25-33-40-47-54-70(75)83-61-69(90-73(78)57-50-43-36-29-28-31-38-45-52-65(5)6)63-88-92(81,82)86-59-67(74)58-85-91(79,80)87-62-68(60-84-71(76)55-48-41-34-26-22-21-23-30-37-44-51-64(3)4)89-72(77)56-49-42-35-27-20-18-16-15-17-19-24-32-39-46-53-66(7)9-2/h64-69,74H,8-63H2,1-7H3,(H,79,80)(H,81,82)/t66?,67-,68-,69-/m1/s1. The van der Waals surface area contributed by atoms with Crippen molar-refractivity contribution in [3.05, 3.63) is 0 Å². The van der Waals surface area contributed by atoms with E-state index >= 15 is 0 Å². The third-order valence-electron chi connectivity index (χ3n) is 17.2. The molecule has 0 aliphatic rings. The number of hydrogen-bond donors (Lipinski definition) is 3. The Balaban J connectivity index is 5.24. The molecule has 0 fully saturated rings. The van der Waals surface area contributed by atoms with Crippen LogP contribution in [0.4, 0.5) is 0 Å². The summed E-state index contributed by atoms with van der Waals surface area (Å²) >= 11 is 0. The quantitative estimate of drug-likeness (QED) is 0.0222. The molecule has 0 aliphatic carbocycles. The predicted octanol–water partition coefficient (Wildman–Crippen LogP) is 21.0. The van der Waals surface area contributed by atoms with E-state index in [1.165, 1.54) is 180 Å². The zero-order valence-electron chi connectivity index (χ0n) is 60.0. The molecule has 0 aromatic carbocycles. The molecule has 0 aliphatic heterocycles. The van der Waals surface area contributed by atoms with Crippen LogP contribution in [0.2, 0.25) is 0 Å². The summed E-state index contributed by atoms with van der Waals surface area (Å²) in [6, 6.07) is 0. The van der Waals surface area contributed by atoms with E-state index in [-0.39, 0.29) is 25.7 Å². The van der Waals surface area contributed by atoms with Gasteiger partial charge >= 0.3 is 39.5 Å². The number of aliphatic hydroxyl groups excluding tert-OH is 1. The van der Waals surface area contributed by atoms with Crippen molar-refractivity contribution < 1.29 is 80.2 Å². The van der Waals surface area contributed by atoms with Crippen LogP contribution in [-0.4, -0.2) is 96.7 Å². The number of esters is 4. The van der Waals surface area contributed by atoms with Gasteiger partial charge < -0.3 is 33.8 Å². The fourth-order valence-electron chi connectivity index (χ4n) is 11.0. The van der Waals surface area contributed by atoms with E-state index in [9.17, 15) is 43.2 Å². The minimum absolute atomic E-state index is 0.104. The Labute approximate surface area is 562 Å². The fraction of sp³-hybridized carbons (Fsp3) is 0.945. The highest BCUT2D eigenvalue weighted by molar-refractivity contribution is 7.47. The largest absolute Gasteiger partial charge is 0.472 e. The van der Waals surface area contributed by atoms with E-state index in [1.54, 1.807) is 0 Å². The molecule has 0 spiro atoms. The molecule has 6 atom stereocenters. The summed E-state index contributed by atoms with van der Waals surface area (Å²) in [6.07, 6.45) is 48.5. The van der Waals surface area contributed by atoms with E-state index in [0.29, 0.717) is 25.7 Å². The Bertz CT molecular complexity index is 1800. The molecule has 17 nitrogen and oxygen atoms in total. The number of unbranched alkanes of at least 4 members (excludes halogenated alkanes) is 38. The zero-order valence-corrected chi connectivity index (χ0v) is 61.8. The molecule has 0 saturated carbocycles. The van der Waals surface area contributed by atoms with Gasteiger partial charge in [-0.15, -0.1) is 0 Å². The lowest BCUT2D eigenvalue weighted by Gasteiger charge is -2.21. The van der Waals surface area contributed by atoms with Crippen molar-refractivity contribution in [2.75, 3.05) is 39.6 Å². The summed E-state index contributed by atoms with van der Waals surface area (Å²) < 4.78 is 68.4. The van der Waals surface area contributed by atoms with Crippen molar-refractivity contribution in [2.45, 2.75) is 388 Å². The second kappa shape index (κ2) is 63.8. The summed E-state index contributed by atoms with van der Waals surface area (Å²) in [5, 5.41) is 10.6. The third-order valence-corrected chi connectivity index (χ3v) is 19.1. The molecule has 546 valence electrons. The van der Waals surface area contributed by atoms with Crippen LogP contribution in [0.15, 0.2) is 0 Å². The van der Waals surface area contributed by atoms with Gasteiger partial charge in [-0.2, -0.15) is 0 Å². The number of ether oxygens (including phenoxy) is 4. The van der Waals surface area contributed by atoms with Crippen LogP contribution >= 0.6 is 15.6 Å². The highest BCUT2D eigenvalue weighted by atomic mass is 31.2. The SMILES string of the molecule is CCCCCCCCCCCCC(=O)OC[C@H](COP(=O)(O)OC[C@H](O)COP(=O)(O)OC[C@@H](COC(=O)CCCCCCCCCCCCC(C)C)OC(=O)CCCCCCCCCCCCCCCCC(C)CC)OC(=O)CCCCCCCCCCC(C)C. The topological polar surface area (TPSA) is 237 Å². The molecular formula is C73H142O17P2. The van der Waals surface area contributed by atoms with E-state index in [4.69, 9.17) is 37.0 Å². The maximum Gasteiger partial charge on any atom is 0.472 e. The van der Waals surface area contributed by atoms with Crippen LogP contribution in [-0.2, 0) is 65.4 Å². The highest BCUT2D eigenvalue weighted by Gasteiger charge is 2.30. The van der Waals surface area contributed by atoms with Crippen LogP contribution < -0.4 is 0 Å². The molecule has 0 rings (SSSR count). The van der Waals surface area contributed by atoms with Gasteiger partial charge in [0.15, 0.2) is 12.2 Å². The van der Waals surface area contributed by atoms with Crippen molar-refractivity contribution in [3.8, 4) is 0 Å². The molecule has 3 N–H and O–H groups in total. The van der Waals surface area contributed by atoms with Crippen LogP contribution in [0, 0.1) is 17.8 Å². The molecule has 0 radical (unpaired) electrons. The van der Waals surface area contributed by atoms with E-state index < -0.39 is 97.5 Å². The average Bonchev–Trinajstić information content (AvgIpc) is 1.83. The summed E-state index contributed by atoms with van der Waals surface area (Å²) in [4.78, 5) is 72.6. The van der Waals surface area contributed by atoms with Crippen LogP contribution in [0.3, 0.4) is 0 Å². The third kappa shape index (κ3) is 65.4. The lowest BCUT2D eigenvalue weighted by Crippen LogP contribution is -2.30. The van der Waals surface area contributed by atoms with Gasteiger partial charge in [-0.25, -0.2) is 9.13 Å². The second-order valence-corrected chi connectivity index (χ2v) is 30.4. The summed E-state index contributed by atoms with van der Waals surface area (Å²) in [6.45, 7) is 11.9. The molecule has 0 amide bonds. The maximum atomic E-state index is 13.1. The normalized spacial score (nSPS) is 14.4. The number of carbonyl (C=O) groups excluding carboxylic acids is 4. The Kier molecular flexibility index (Phi) is 62.4. The maximum absolute atomic E-state index is 13.1. The number of hydrogen-bond acceptors (Lipinski definition) is 15. The van der Waals surface area contributed by atoms with E-state index in [0.717, 1.165) is 108 Å². The summed E-state index contributed by atoms with van der Waals surface area (Å²) in [5.74, 6) is 0.199. The van der Waals surface area contributed by atoms with Gasteiger partial charge in [0.1, 0.15) is 19.3 Å². The van der Waals surface area contributed by atoms with Crippen molar-refractivity contribution in [1.29, 1.82) is 0 Å². The van der Waals surface area contributed by atoms with Crippen molar-refractivity contribution in [1.82, 2.24) is 0 Å². The number of phosphoric acid groups is 2. The summed E-state index contributed by atoms with van der Waals surface area (Å²) in [5.41, 5.74) is 0. The lowest BCUT2D eigenvalue weighted by molar-refractivity contribution is -0.161. The van der Waals surface area contributed by atoms with Gasteiger partial charge in [-0.05, 0) is 43.4 Å². The van der Waals surface area contributed by atoms with E-state index in [2.05, 4.69) is 48.5 Å². The van der Waals surface area contributed by atoms with Crippen molar-refractivity contribution >= 4 is 39.5 Å². The molecule has 92 heavy (non-hydrogen) atoms. The van der Waals surface area contributed by atoms with Gasteiger partial charge in [-0.3, -0.25) is 37.3 Å². The minimum atomic E-state index is -4.95. The molecule has 0 aromatic heterocycles. The van der Waals surface area contributed by atoms with Gasteiger partial charge in [0.05, 0.1) is 26.4 Å².